The SMILES string of the molecule is CCc1cc(CNC(=O)N[C@@H]2CCC[C@H]([S@@](=O)CC)C2)on1. The molecule has 1 aliphatic carbocycles. The highest BCUT2D eigenvalue weighted by atomic mass is 32.2. The van der Waals surface area contributed by atoms with Crippen LogP contribution in [0.4, 0.5) is 4.79 Å². The minimum atomic E-state index is -0.776. The Hall–Kier alpha value is -1.37. The van der Waals surface area contributed by atoms with E-state index in [-0.39, 0.29) is 17.3 Å². The minimum Gasteiger partial charge on any atom is -0.359 e. The molecule has 0 aliphatic heterocycles. The Bertz CT molecular complexity index is 518. The maximum absolute atomic E-state index is 11.9. The van der Waals surface area contributed by atoms with E-state index in [1.165, 1.54) is 0 Å². The molecule has 2 rings (SSSR count). The van der Waals surface area contributed by atoms with Gasteiger partial charge in [0, 0.05) is 33.9 Å². The summed E-state index contributed by atoms with van der Waals surface area (Å²) < 4.78 is 17.0. The largest absolute Gasteiger partial charge is 0.359 e. The third-order valence-corrected chi connectivity index (χ3v) is 5.75. The van der Waals surface area contributed by atoms with Crippen molar-refractivity contribution in [3.05, 3.63) is 17.5 Å². The van der Waals surface area contributed by atoms with Crippen molar-refractivity contribution in [1.29, 1.82) is 0 Å². The summed E-state index contributed by atoms with van der Waals surface area (Å²) in [6, 6.07) is 1.75. The first-order chi connectivity index (χ1) is 10.6. The smallest absolute Gasteiger partial charge is 0.315 e. The Morgan fingerprint density at radius 3 is 2.95 bits per heavy atom. The third kappa shape index (κ3) is 4.83. The molecule has 0 unspecified atom stereocenters. The highest BCUT2D eigenvalue weighted by Gasteiger charge is 2.26. The molecular weight excluding hydrogens is 302 g/mol. The van der Waals surface area contributed by atoms with Crippen LogP contribution in [0.5, 0.6) is 0 Å². The van der Waals surface area contributed by atoms with Crippen LogP contribution in [-0.2, 0) is 23.8 Å². The maximum Gasteiger partial charge on any atom is 0.315 e. The number of aryl methyl sites for hydroxylation is 1. The molecule has 22 heavy (non-hydrogen) atoms. The van der Waals surface area contributed by atoms with Gasteiger partial charge in [0.2, 0.25) is 0 Å². The zero-order chi connectivity index (χ0) is 15.9. The molecule has 0 bridgehead atoms. The number of amides is 2. The first-order valence-electron chi connectivity index (χ1n) is 7.98. The van der Waals surface area contributed by atoms with Gasteiger partial charge in [-0.15, -0.1) is 0 Å². The summed E-state index contributed by atoms with van der Waals surface area (Å²) in [6.45, 7) is 4.28. The van der Waals surface area contributed by atoms with Crippen LogP contribution in [0.2, 0.25) is 0 Å². The van der Waals surface area contributed by atoms with Gasteiger partial charge in [-0.3, -0.25) is 4.21 Å². The van der Waals surface area contributed by atoms with Crippen LogP contribution < -0.4 is 10.6 Å². The topological polar surface area (TPSA) is 84.2 Å². The molecule has 2 N–H and O–H groups in total. The van der Waals surface area contributed by atoms with E-state index in [9.17, 15) is 9.00 Å². The molecule has 124 valence electrons. The van der Waals surface area contributed by atoms with Crippen molar-refractivity contribution in [2.75, 3.05) is 5.75 Å². The molecule has 2 amide bonds. The second kappa shape index (κ2) is 8.31. The van der Waals surface area contributed by atoms with E-state index >= 15 is 0 Å². The number of carbonyl (C=O) groups is 1. The van der Waals surface area contributed by atoms with E-state index in [0.29, 0.717) is 18.1 Å². The number of aromatic nitrogens is 1. The van der Waals surface area contributed by atoms with Crippen molar-refractivity contribution >= 4 is 16.8 Å². The summed E-state index contributed by atoms with van der Waals surface area (Å²) in [5, 5.41) is 9.85. The first-order valence-corrected chi connectivity index (χ1v) is 9.36. The van der Waals surface area contributed by atoms with E-state index in [1.54, 1.807) is 0 Å². The van der Waals surface area contributed by atoms with Crippen molar-refractivity contribution in [2.24, 2.45) is 0 Å². The van der Waals surface area contributed by atoms with Gasteiger partial charge in [-0.05, 0) is 25.7 Å². The first kappa shape index (κ1) is 17.0. The van der Waals surface area contributed by atoms with E-state index in [2.05, 4.69) is 15.8 Å². The molecule has 1 aliphatic rings. The Balaban J connectivity index is 1.75. The van der Waals surface area contributed by atoms with Gasteiger partial charge in [0.1, 0.15) is 0 Å². The van der Waals surface area contributed by atoms with Crippen molar-refractivity contribution in [3.8, 4) is 0 Å². The molecule has 0 spiro atoms. The van der Waals surface area contributed by atoms with Gasteiger partial charge in [-0.2, -0.15) is 0 Å². The number of nitrogens with zero attached hydrogens (tertiary/aromatic N) is 1. The lowest BCUT2D eigenvalue weighted by atomic mass is 9.95. The zero-order valence-electron chi connectivity index (χ0n) is 13.3. The standard InChI is InChI=1S/C15H25N3O3S/c1-3-11-8-13(21-18-11)10-16-15(19)17-12-6-5-7-14(9-12)22(20)4-2/h8,12,14H,3-7,9-10H2,1-2H3,(H2,16,17,19)/t12-,14+,22+/m1/s1. The molecule has 0 aromatic carbocycles. The highest BCUT2D eigenvalue weighted by Crippen LogP contribution is 2.22. The molecule has 6 nitrogen and oxygen atoms in total. The summed E-state index contributed by atoms with van der Waals surface area (Å²) in [4.78, 5) is 11.9. The predicted molar refractivity (Wildman–Crippen MR) is 86.0 cm³/mol. The summed E-state index contributed by atoms with van der Waals surface area (Å²) in [6.07, 6.45) is 4.58. The monoisotopic (exact) mass is 327 g/mol. The van der Waals surface area contributed by atoms with Gasteiger partial charge in [0.25, 0.3) is 0 Å². The summed E-state index contributed by atoms with van der Waals surface area (Å²) in [5.41, 5.74) is 0.884. The lowest BCUT2D eigenvalue weighted by molar-refractivity contribution is 0.231. The maximum atomic E-state index is 11.9. The third-order valence-electron chi connectivity index (χ3n) is 4.01. The number of carbonyl (C=O) groups excluding carboxylic acids is 1. The van der Waals surface area contributed by atoms with Gasteiger partial charge in [-0.25, -0.2) is 4.79 Å². The van der Waals surface area contributed by atoms with Crippen LogP contribution in [0.15, 0.2) is 10.6 Å². The number of hydrogen-bond acceptors (Lipinski definition) is 4. The predicted octanol–water partition coefficient (Wildman–Crippen LogP) is 2.12. The van der Waals surface area contributed by atoms with Gasteiger partial charge in [0.15, 0.2) is 5.76 Å². The average Bonchev–Trinajstić information content (AvgIpc) is 3.00. The van der Waals surface area contributed by atoms with Gasteiger partial charge in [0.05, 0.1) is 12.2 Å². The fourth-order valence-corrected chi connectivity index (χ4v) is 4.11. The second-order valence-corrected chi connectivity index (χ2v) is 7.63. The molecule has 3 atom stereocenters. The lowest BCUT2D eigenvalue weighted by Gasteiger charge is -2.29. The number of urea groups is 1. The fourth-order valence-electron chi connectivity index (χ4n) is 2.76. The summed E-state index contributed by atoms with van der Waals surface area (Å²) in [5.74, 6) is 1.34. The summed E-state index contributed by atoms with van der Waals surface area (Å²) in [7, 11) is -0.776. The van der Waals surface area contributed by atoms with Crippen molar-refractivity contribution in [1.82, 2.24) is 15.8 Å². The Kier molecular flexibility index (Phi) is 6.42. The molecule has 1 fully saturated rings. The van der Waals surface area contributed by atoms with Crippen LogP contribution in [0.25, 0.3) is 0 Å². The molecule has 0 saturated heterocycles. The van der Waals surface area contributed by atoms with Crippen LogP contribution in [-0.4, -0.2) is 32.4 Å². The number of rotatable bonds is 6. The highest BCUT2D eigenvalue weighted by molar-refractivity contribution is 7.85. The second-order valence-electron chi connectivity index (χ2n) is 5.62. The lowest BCUT2D eigenvalue weighted by Crippen LogP contribution is -2.45. The van der Waals surface area contributed by atoms with Gasteiger partial charge >= 0.3 is 6.03 Å². The number of nitrogens with one attached hydrogen (secondary N) is 2. The minimum absolute atomic E-state index is 0.107. The molecule has 1 heterocycles. The molecule has 0 radical (unpaired) electrons. The van der Waals surface area contributed by atoms with E-state index in [4.69, 9.17) is 4.52 Å². The fraction of sp³-hybridized carbons (Fsp3) is 0.733. The molecule has 1 saturated carbocycles. The average molecular weight is 327 g/mol. The molecular formula is C15H25N3O3S. The van der Waals surface area contributed by atoms with E-state index in [0.717, 1.165) is 37.8 Å². The quantitative estimate of drug-likeness (QED) is 0.838. The van der Waals surface area contributed by atoms with E-state index in [1.807, 2.05) is 19.9 Å². The van der Waals surface area contributed by atoms with Crippen LogP contribution in [0.3, 0.4) is 0 Å². The molecule has 1 aromatic rings. The van der Waals surface area contributed by atoms with Gasteiger partial charge < -0.3 is 15.2 Å². The Morgan fingerprint density at radius 2 is 2.27 bits per heavy atom. The molecule has 1 aromatic heterocycles. The van der Waals surface area contributed by atoms with E-state index < -0.39 is 10.8 Å². The van der Waals surface area contributed by atoms with Crippen LogP contribution >= 0.6 is 0 Å². The zero-order valence-corrected chi connectivity index (χ0v) is 14.1. The number of hydrogen-bond donors (Lipinski definition) is 2. The van der Waals surface area contributed by atoms with Gasteiger partial charge in [-0.1, -0.05) is 25.4 Å². The Morgan fingerprint density at radius 1 is 1.45 bits per heavy atom. The van der Waals surface area contributed by atoms with Crippen LogP contribution in [0, 0.1) is 0 Å². The van der Waals surface area contributed by atoms with Crippen molar-refractivity contribution in [3.63, 3.8) is 0 Å². The molecule has 7 heteroatoms. The van der Waals surface area contributed by atoms with Crippen molar-refractivity contribution < 1.29 is 13.5 Å². The Labute approximate surface area is 133 Å². The van der Waals surface area contributed by atoms with Crippen molar-refractivity contribution in [2.45, 2.75) is 63.8 Å². The normalized spacial score (nSPS) is 23.0. The summed E-state index contributed by atoms with van der Waals surface area (Å²) >= 11 is 0. The van der Waals surface area contributed by atoms with Crippen LogP contribution in [0.1, 0.15) is 51.0 Å².